The number of ether oxygens (including phenoxy) is 1. The molecular weight excluding hydrogens is 140 g/mol. The molecule has 3 nitrogen and oxygen atoms in total. The molecule has 0 fully saturated rings. The lowest BCUT2D eigenvalue weighted by Gasteiger charge is -2.00. The number of hydrogen-bond acceptors (Lipinski definition) is 3. The SMILES string of the molecule is C/N=C(\C)Oc1ccccn1. The summed E-state index contributed by atoms with van der Waals surface area (Å²) in [5, 5.41) is 0. The first kappa shape index (κ1) is 7.72. The van der Waals surface area contributed by atoms with Gasteiger partial charge in [0.25, 0.3) is 0 Å². The molecule has 0 radical (unpaired) electrons. The average Bonchev–Trinajstić information content (AvgIpc) is 2.06. The third-order valence-corrected chi connectivity index (χ3v) is 1.20. The molecule has 0 saturated carbocycles. The Hall–Kier alpha value is -1.38. The monoisotopic (exact) mass is 150 g/mol. The van der Waals surface area contributed by atoms with Crippen LogP contribution in [0.5, 0.6) is 5.88 Å². The molecule has 0 spiro atoms. The van der Waals surface area contributed by atoms with E-state index in [9.17, 15) is 0 Å². The molecule has 0 unspecified atom stereocenters. The number of rotatable bonds is 1. The summed E-state index contributed by atoms with van der Waals surface area (Å²) in [5.74, 6) is 1.19. The molecule has 1 aromatic rings. The van der Waals surface area contributed by atoms with Crippen LogP contribution in [0.2, 0.25) is 0 Å². The average molecular weight is 150 g/mol. The summed E-state index contributed by atoms with van der Waals surface area (Å²) in [4.78, 5) is 7.80. The van der Waals surface area contributed by atoms with E-state index in [4.69, 9.17) is 4.74 Å². The predicted molar refractivity (Wildman–Crippen MR) is 43.9 cm³/mol. The van der Waals surface area contributed by atoms with Crippen LogP contribution in [0, 0.1) is 0 Å². The molecule has 1 rings (SSSR count). The molecule has 0 N–H and O–H groups in total. The Morgan fingerprint density at radius 1 is 1.55 bits per heavy atom. The quantitative estimate of drug-likeness (QED) is 0.449. The van der Waals surface area contributed by atoms with Crippen LogP contribution in [-0.2, 0) is 0 Å². The Bertz CT molecular complexity index is 244. The Balaban J connectivity index is 2.65. The smallest absolute Gasteiger partial charge is 0.220 e. The van der Waals surface area contributed by atoms with Crippen LogP contribution >= 0.6 is 0 Å². The maximum Gasteiger partial charge on any atom is 0.220 e. The highest BCUT2D eigenvalue weighted by molar-refractivity contribution is 5.75. The summed E-state index contributed by atoms with van der Waals surface area (Å²) in [7, 11) is 1.68. The lowest BCUT2D eigenvalue weighted by molar-refractivity contribution is 0.522. The molecule has 0 bridgehead atoms. The summed E-state index contributed by atoms with van der Waals surface area (Å²) < 4.78 is 5.20. The molecule has 0 amide bonds. The lowest BCUT2D eigenvalue weighted by atomic mass is 10.5. The van der Waals surface area contributed by atoms with Gasteiger partial charge in [-0.05, 0) is 6.07 Å². The van der Waals surface area contributed by atoms with E-state index in [-0.39, 0.29) is 0 Å². The van der Waals surface area contributed by atoms with Gasteiger partial charge in [-0.15, -0.1) is 0 Å². The molecule has 0 atom stereocenters. The number of aliphatic imine (C=N–C) groups is 1. The van der Waals surface area contributed by atoms with Crippen LogP contribution in [0.4, 0.5) is 0 Å². The third-order valence-electron chi connectivity index (χ3n) is 1.20. The molecular formula is C8H10N2O. The molecule has 0 aliphatic rings. The summed E-state index contributed by atoms with van der Waals surface area (Å²) in [5.41, 5.74) is 0. The Morgan fingerprint density at radius 3 is 2.91 bits per heavy atom. The van der Waals surface area contributed by atoms with Gasteiger partial charge in [0, 0.05) is 26.2 Å². The maximum atomic E-state index is 5.20. The molecule has 58 valence electrons. The second-order valence-electron chi connectivity index (χ2n) is 2.01. The van der Waals surface area contributed by atoms with E-state index >= 15 is 0 Å². The van der Waals surface area contributed by atoms with Crippen molar-refractivity contribution in [2.45, 2.75) is 6.92 Å². The van der Waals surface area contributed by atoms with Crippen molar-refractivity contribution in [2.75, 3.05) is 7.05 Å². The minimum absolute atomic E-state index is 0.579. The third kappa shape index (κ3) is 2.37. The zero-order chi connectivity index (χ0) is 8.10. The van der Waals surface area contributed by atoms with Crippen LogP contribution in [0.3, 0.4) is 0 Å². The first-order valence-corrected chi connectivity index (χ1v) is 3.35. The van der Waals surface area contributed by atoms with Gasteiger partial charge < -0.3 is 4.74 Å². The minimum Gasteiger partial charge on any atom is -0.425 e. The fourth-order valence-electron chi connectivity index (χ4n) is 0.604. The van der Waals surface area contributed by atoms with Crippen LogP contribution in [0.1, 0.15) is 6.92 Å². The standard InChI is InChI=1S/C8H10N2O/c1-7(9-2)11-8-5-3-4-6-10-8/h3-6H,1-2H3/b9-7+. The highest BCUT2D eigenvalue weighted by atomic mass is 16.5. The van der Waals surface area contributed by atoms with Crippen molar-refractivity contribution in [1.82, 2.24) is 4.98 Å². The molecule has 0 saturated heterocycles. The fourth-order valence-corrected chi connectivity index (χ4v) is 0.604. The van der Waals surface area contributed by atoms with Crippen LogP contribution in [-0.4, -0.2) is 17.9 Å². The number of pyridine rings is 1. The van der Waals surface area contributed by atoms with Gasteiger partial charge in [-0.1, -0.05) is 6.07 Å². The normalized spacial score (nSPS) is 11.3. The van der Waals surface area contributed by atoms with Crippen molar-refractivity contribution in [2.24, 2.45) is 4.99 Å². The van der Waals surface area contributed by atoms with Crippen LogP contribution in [0.25, 0.3) is 0 Å². The van der Waals surface area contributed by atoms with Gasteiger partial charge in [-0.25, -0.2) is 4.98 Å². The van der Waals surface area contributed by atoms with E-state index in [1.54, 1.807) is 26.2 Å². The van der Waals surface area contributed by atoms with Gasteiger partial charge in [-0.3, -0.25) is 4.99 Å². The van der Waals surface area contributed by atoms with E-state index in [1.165, 1.54) is 0 Å². The lowest BCUT2D eigenvalue weighted by Crippen LogP contribution is -2.03. The van der Waals surface area contributed by atoms with E-state index < -0.39 is 0 Å². The van der Waals surface area contributed by atoms with E-state index in [0.29, 0.717) is 11.8 Å². The zero-order valence-corrected chi connectivity index (χ0v) is 6.61. The first-order chi connectivity index (χ1) is 5.33. The van der Waals surface area contributed by atoms with E-state index in [0.717, 1.165) is 0 Å². The zero-order valence-electron chi connectivity index (χ0n) is 6.61. The minimum atomic E-state index is 0.579. The van der Waals surface area contributed by atoms with Gasteiger partial charge >= 0.3 is 0 Å². The number of aromatic nitrogens is 1. The van der Waals surface area contributed by atoms with Crippen molar-refractivity contribution in [3.8, 4) is 5.88 Å². The van der Waals surface area contributed by atoms with Gasteiger partial charge in [0.2, 0.25) is 5.88 Å². The summed E-state index contributed by atoms with van der Waals surface area (Å²) in [6.45, 7) is 1.79. The molecule has 0 aliphatic heterocycles. The highest BCUT2D eigenvalue weighted by Crippen LogP contribution is 2.02. The van der Waals surface area contributed by atoms with Crippen molar-refractivity contribution >= 4 is 5.90 Å². The van der Waals surface area contributed by atoms with Crippen molar-refractivity contribution in [3.05, 3.63) is 24.4 Å². The van der Waals surface area contributed by atoms with E-state index in [2.05, 4.69) is 9.98 Å². The van der Waals surface area contributed by atoms with Gasteiger partial charge in [0.05, 0.1) is 0 Å². The molecule has 0 aliphatic carbocycles. The van der Waals surface area contributed by atoms with Crippen LogP contribution in [0.15, 0.2) is 29.4 Å². The molecule has 3 heteroatoms. The maximum absolute atomic E-state index is 5.20. The summed E-state index contributed by atoms with van der Waals surface area (Å²) in [6.07, 6.45) is 1.68. The summed E-state index contributed by atoms with van der Waals surface area (Å²) in [6, 6.07) is 5.49. The largest absolute Gasteiger partial charge is 0.425 e. The van der Waals surface area contributed by atoms with Crippen molar-refractivity contribution < 1.29 is 4.74 Å². The Kier molecular flexibility index (Phi) is 2.60. The number of hydrogen-bond donors (Lipinski definition) is 0. The topological polar surface area (TPSA) is 34.5 Å². The second kappa shape index (κ2) is 3.71. The van der Waals surface area contributed by atoms with Crippen LogP contribution < -0.4 is 4.74 Å². The van der Waals surface area contributed by atoms with Gasteiger partial charge in [0.15, 0.2) is 5.90 Å². The van der Waals surface area contributed by atoms with Crippen molar-refractivity contribution in [3.63, 3.8) is 0 Å². The predicted octanol–water partition coefficient (Wildman–Crippen LogP) is 1.51. The van der Waals surface area contributed by atoms with Crippen molar-refractivity contribution in [1.29, 1.82) is 0 Å². The molecule has 1 heterocycles. The van der Waals surface area contributed by atoms with Gasteiger partial charge in [-0.2, -0.15) is 0 Å². The Labute approximate surface area is 65.8 Å². The molecule has 0 aromatic carbocycles. The first-order valence-electron chi connectivity index (χ1n) is 3.35. The Morgan fingerprint density at radius 2 is 2.36 bits per heavy atom. The second-order valence-corrected chi connectivity index (χ2v) is 2.01. The molecule has 1 aromatic heterocycles. The van der Waals surface area contributed by atoms with E-state index in [1.807, 2.05) is 12.1 Å². The summed E-state index contributed by atoms with van der Waals surface area (Å²) >= 11 is 0. The fraction of sp³-hybridized carbons (Fsp3) is 0.250. The molecule has 11 heavy (non-hydrogen) atoms. The highest BCUT2D eigenvalue weighted by Gasteiger charge is 1.93. The van der Waals surface area contributed by atoms with Gasteiger partial charge in [0.1, 0.15) is 0 Å². The number of nitrogens with zero attached hydrogens (tertiary/aromatic N) is 2.